The number of aromatic nitrogens is 1. The van der Waals surface area contributed by atoms with Crippen LogP contribution in [0.25, 0.3) is 0 Å². The van der Waals surface area contributed by atoms with Crippen LogP contribution in [-0.4, -0.2) is 29.9 Å². The van der Waals surface area contributed by atoms with E-state index in [1.807, 2.05) is 37.5 Å². The fourth-order valence-corrected chi connectivity index (χ4v) is 3.16. The van der Waals surface area contributed by atoms with Gasteiger partial charge in [0.25, 0.3) is 0 Å². The second-order valence-electron chi connectivity index (χ2n) is 5.10. The molecule has 0 aliphatic carbocycles. The van der Waals surface area contributed by atoms with Crippen LogP contribution in [0.4, 0.5) is 0 Å². The highest BCUT2D eigenvalue weighted by Gasteiger charge is 2.33. The maximum atomic E-state index is 12.6. The van der Waals surface area contributed by atoms with Crippen LogP contribution in [0.3, 0.4) is 0 Å². The second-order valence-corrected chi connectivity index (χ2v) is 6.34. The van der Waals surface area contributed by atoms with Crippen molar-refractivity contribution in [3.05, 3.63) is 56.9 Å². The van der Waals surface area contributed by atoms with Crippen molar-refractivity contribution < 1.29 is 9.53 Å². The smallest absolute Gasteiger partial charge is 0.236 e. The van der Waals surface area contributed by atoms with E-state index in [1.165, 1.54) is 0 Å². The zero-order valence-electron chi connectivity index (χ0n) is 11.8. The van der Waals surface area contributed by atoms with E-state index in [9.17, 15) is 4.79 Å². The van der Waals surface area contributed by atoms with E-state index in [2.05, 4.69) is 33.6 Å². The van der Waals surface area contributed by atoms with E-state index in [1.54, 1.807) is 12.0 Å². The molecule has 1 aromatic heterocycles. The summed E-state index contributed by atoms with van der Waals surface area (Å²) in [6.07, 6.45) is 1.81. The first kappa shape index (κ1) is 14.3. The molecule has 2 aromatic rings. The van der Waals surface area contributed by atoms with Gasteiger partial charge in [-0.25, -0.2) is 0 Å². The number of ether oxygens (including phenoxy) is 1. The van der Waals surface area contributed by atoms with E-state index in [4.69, 9.17) is 4.74 Å². The molecule has 0 saturated heterocycles. The lowest BCUT2D eigenvalue weighted by molar-refractivity contribution is -0.132. The van der Waals surface area contributed by atoms with Crippen molar-refractivity contribution in [2.24, 2.45) is 0 Å². The Hall–Kier alpha value is -1.63. The number of nitrogens with zero attached hydrogens (tertiary/aromatic N) is 2. The number of carbonyl (C=O) groups is 1. The van der Waals surface area contributed by atoms with E-state index >= 15 is 0 Å². The van der Waals surface area contributed by atoms with Gasteiger partial charge in [-0.1, -0.05) is 12.1 Å². The van der Waals surface area contributed by atoms with Crippen molar-refractivity contribution in [1.29, 1.82) is 0 Å². The zero-order chi connectivity index (χ0) is 15.0. The quantitative estimate of drug-likeness (QED) is 0.736. The van der Waals surface area contributed by atoms with Crippen LogP contribution in [0.5, 0.6) is 5.75 Å². The number of halogens is 1. The minimum atomic E-state index is -0.332. The molecule has 1 aromatic carbocycles. The molecule has 1 aliphatic rings. The summed E-state index contributed by atoms with van der Waals surface area (Å²) >= 11 is 2.25. The first-order valence-electron chi connectivity index (χ1n) is 6.63. The molecule has 4 nitrogen and oxygen atoms in total. The molecule has 0 bridgehead atoms. The molecule has 21 heavy (non-hydrogen) atoms. The Balaban J connectivity index is 2.09. The average molecular weight is 394 g/mol. The van der Waals surface area contributed by atoms with Crippen molar-refractivity contribution in [3.8, 4) is 5.75 Å². The second kappa shape index (κ2) is 5.63. The molecule has 108 valence electrons. The monoisotopic (exact) mass is 394 g/mol. The molecule has 1 aliphatic heterocycles. The number of benzene rings is 1. The third kappa shape index (κ3) is 2.62. The molecule has 1 amide bonds. The van der Waals surface area contributed by atoms with Gasteiger partial charge in [0.15, 0.2) is 0 Å². The molecule has 5 heteroatoms. The van der Waals surface area contributed by atoms with Crippen molar-refractivity contribution >= 4 is 28.5 Å². The lowest BCUT2D eigenvalue weighted by atomic mass is 9.88. The minimum absolute atomic E-state index is 0.0846. The normalized spacial score (nSPS) is 17.6. The van der Waals surface area contributed by atoms with Gasteiger partial charge in [0.2, 0.25) is 5.91 Å². The SMILES string of the molecule is COc1ccc(C2C(=O)N(C)Cc3cc(I)cnc32)cc1. The molecule has 0 radical (unpaired) electrons. The number of hydrogen-bond acceptors (Lipinski definition) is 3. The number of amides is 1. The van der Waals surface area contributed by atoms with Gasteiger partial charge in [-0.2, -0.15) is 0 Å². The van der Waals surface area contributed by atoms with Gasteiger partial charge in [-0.05, 0) is 51.9 Å². The van der Waals surface area contributed by atoms with E-state index in [-0.39, 0.29) is 11.8 Å². The lowest BCUT2D eigenvalue weighted by Gasteiger charge is -2.31. The summed E-state index contributed by atoms with van der Waals surface area (Å²) in [6.45, 7) is 0.616. The Morgan fingerprint density at radius 1 is 1.33 bits per heavy atom. The van der Waals surface area contributed by atoms with Gasteiger partial charge in [0.05, 0.1) is 12.8 Å². The highest BCUT2D eigenvalue weighted by molar-refractivity contribution is 14.1. The summed E-state index contributed by atoms with van der Waals surface area (Å²) < 4.78 is 6.26. The van der Waals surface area contributed by atoms with Gasteiger partial charge in [0, 0.05) is 23.4 Å². The molecule has 3 rings (SSSR count). The number of likely N-dealkylation sites (N-methyl/N-ethyl adjacent to an activating group) is 1. The Kier molecular flexibility index (Phi) is 3.84. The molecule has 0 saturated carbocycles. The van der Waals surface area contributed by atoms with Crippen LogP contribution >= 0.6 is 22.6 Å². The molecule has 0 spiro atoms. The summed E-state index contributed by atoms with van der Waals surface area (Å²) in [6, 6.07) is 9.73. The maximum absolute atomic E-state index is 12.6. The Morgan fingerprint density at radius 3 is 2.71 bits per heavy atom. The molecule has 1 unspecified atom stereocenters. The van der Waals surface area contributed by atoms with Crippen LogP contribution in [0.15, 0.2) is 36.5 Å². The maximum Gasteiger partial charge on any atom is 0.236 e. The molecular formula is C16H15IN2O2. The summed E-state index contributed by atoms with van der Waals surface area (Å²) in [5.74, 6) is 0.536. The van der Waals surface area contributed by atoms with Crippen LogP contribution in [0.2, 0.25) is 0 Å². The minimum Gasteiger partial charge on any atom is -0.497 e. The number of carbonyl (C=O) groups excluding carboxylic acids is 1. The molecular weight excluding hydrogens is 379 g/mol. The van der Waals surface area contributed by atoms with Crippen molar-refractivity contribution in [2.75, 3.05) is 14.2 Å². The zero-order valence-corrected chi connectivity index (χ0v) is 14.0. The largest absolute Gasteiger partial charge is 0.497 e. The standard InChI is InChI=1S/C16H15IN2O2/c1-19-9-11-7-12(17)8-18-15(11)14(16(19)20)10-3-5-13(21-2)6-4-10/h3-8,14H,9H2,1-2H3. The molecule has 1 atom stereocenters. The first-order chi connectivity index (χ1) is 10.1. The lowest BCUT2D eigenvalue weighted by Crippen LogP contribution is -2.37. The Bertz CT molecular complexity index is 685. The van der Waals surface area contributed by atoms with Crippen LogP contribution in [-0.2, 0) is 11.3 Å². The van der Waals surface area contributed by atoms with Gasteiger partial charge in [-0.15, -0.1) is 0 Å². The molecule has 0 fully saturated rings. The third-order valence-corrected chi connectivity index (χ3v) is 4.31. The Morgan fingerprint density at radius 2 is 2.05 bits per heavy atom. The highest BCUT2D eigenvalue weighted by atomic mass is 127. The van der Waals surface area contributed by atoms with Crippen molar-refractivity contribution in [3.63, 3.8) is 0 Å². The number of hydrogen-bond donors (Lipinski definition) is 0. The predicted octanol–water partition coefficient (Wildman–Crippen LogP) is 2.80. The fourth-order valence-electron chi connectivity index (χ4n) is 2.65. The van der Waals surface area contributed by atoms with Gasteiger partial charge in [0.1, 0.15) is 11.7 Å². The van der Waals surface area contributed by atoms with Gasteiger partial charge >= 0.3 is 0 Å². The summed E-state index contributed by atoms with van der Waals surface area (Å²) in [5, 5.41) is 0. The summed E-state index contributed by atoms with van der Waals surface area (Å²) in [5.41, 5.74) is 2.93. The van der Waals surface area contributed by atoms with Gasteiger partial charge < -0.3 is 9.64 Å². The highest BCUT2D eigenvalue weighted by Crippen LogP contribution is 2.33. The van der Waals surface area contributed by atoms with Crippen molar-refractivity contribution in [1.82, 2.24) is 9.88 Å². The predicted molar refractivity (Wildman–Crippen MR) is 88.3 cm³/mol. The number of fused-ring (bicyclic) bond motifs is 1. The van der Waals surface area contributed by atoms with E-state index < -0.39 is 0 Å². The summed E-state index contributed by atoms with van der Waals surface area (Å²) in [7, 11) is 3.47. The van der Waals surface area contributed by atoms with E-state index in [0.29, 0.717) is 6.54 Å². The summed E-state index contributed by atoms with van der Waals surface area (Å²) in [4.78, 5) is 18.9. The first-order valence-corrected chi connectivity index (χ1v) is 7.71. The number of rotatable bonds is 2. The van der Waals surface area contributed by atoms with Crippen molar-refractivity contribution in [2.45, 2.75) is 12.5 Å². The van der Waals surface area contributed by atoms with Crippen LogP contribution in [0.1, 0.15) is 22.7 Å². The van der Waals surface area contributed by atoms with Crippen LogP contribution < -0.4 is 4.74 Å². The van der Waals surface area contributed by atoms with E-state index in [0.717, 1.165) is 26.1 Å². The number of methoxy groups -OCH3 is 1. The fraction of sp³-hybridized carbons (Fsp3) is 0.250. The van der Waals surface area contributed by atoms with Crippen LogP contribution in [0, 0.1) is 3.57 Å². The Labute approximate surface area is 137 Å². The third-order valence-electron chi connectivity index (χ3n) is 3.72. The molecule has 2 heterocycles. The number of pyridine rings is 1. The average Bonchev–Trinajstić information content (AvgIpc) is 2.49. The van der Waals surface area contributed by atoms with Gasteiger partial charge in [-0.3, -0.25) is 9.78 Å². The molecule has 0 N–H and O–H groups in total. The topological polar surface area (TPSA) is 42.4 Å².